The van der Waals surface area contributed by atoms with Gasteiger partial charge in [0.15, 0.2) is 17.6 Å². The zero-order chi connectivity index (χ0) is 25.4. The maximum atomic E-state index is 12.6. The first-order valence-electron chi connectivity index (χ1n) is 12.2. The molecule has 1 N–H and O–H groups in total. The number of fused-ring (bicyclic) bond motifs is 1. The van der Waals surface area contributed by atoms with Crippen molar-refractivity contribution >= 4 is 32.9 Å². The molecule has 10 heteroatoms. The summed E-state index contributed by atoms with van der Waals surface area (Å²) in [6.07, 6.45) is 6.49. The van der Waals surface area contributed by atoms with Crippen molar-refractivity contribution in [2.24, 2.45) is 0 Å². The van der Waals surface area contributed by atoms with Crippen LogP contribution in [0.15, 0.2) is 41.1 Å². The van der Waals surface area contributed by atoms with E-state index in [1.54, 1.807) is 17.1 Å². The van der Waals surface area contributed by atoms with Crippen LogP contribution >= 0.6 is 15.9 Å². The lowest BCUT2D eigenvalue weighted by molar-refractivity contribution is -0.0368. The number of aryl methyl sites for hydroxylation is 1. The molecule has 1 aliphatic heterocycles. The molecule has 0 spiro atoms. The van der Waals surface area contributed by atoms with Gasteiger partial charge in [-0.3, -0.25) is 4.79 Å². The van der Waals surface area contributed by atoms with Crippen LogP contribution in [-0.2, 0) is 16.8 Å². The number of nitrogens with one attached hydrogen (secondary N) is 1. The fourth-order valence-corrected chi connectivity index (χ4v) is 4.66. The highest BCUT2D eigenvalue weighted by atomic mass is 79.9. The number of carbonyl (C=O) groups excluding carboxylic acids is 1. The summed E-state index contributed by atoms with van der Waals surface area (Å²) in [5.41, 5.74) is 4.83. The van der Waals surface area contributed by atoms with Crippen LogP contribution in [0.4, 0.5) is 0 Å². The molecule has 4 aromatic rings. The third-order valence-corrected chi connectivity index (χ3v) is 6.84. The van der Waals surface area contributed by atoms with Gasteiger partial charge >= 0.3 is 0 Å². The molecular weight excluding hydrogens is 522 g/mol. The van der Waals surface area contributed by atoms with E-state index in [2.05, 4.69) is 48.7 Å². The Kier molecular flexibility index (Phi) is 6.65. The fourth-order valence-electron chi connectivity index (χ4n) is 4.33. The van der Waals surface area contributed by atoms with Gasteiger partial charge in [0.05, 0.1) is 11.7 Å². The van der Waals surface area contributed by atoms with E-state index in [4.69, 9.17) is 9.84 Å². The number of benzene rings is 1. The normalized spacial score (nSPS) is 16.4. The van der Waals surface area contributed by atoms with Crippen molar-refractivity contribution in [3.8, 4) is 11.3 Å². The second-order valence-corrected chi connectivity index (χ2v) is 11.1. The van der Waals surface area contributed by atoms with Gasteiger partial charge in [-0.15, -0.1) is 5.10 Å². The van der Waals surface area contributed by atoms with E-state index in [9.17, 15) is 4.79 Å². The minimum Gasteiger partial charge on any atom is -0.356 e. The van der Waals surface area contributed by atoms with E-state index < -0.39 is 0 Å². The van der Waals surface area contributed by atoms with Gasteiger partial charge in [-0.2, -0.15) is 5.10 Å². The quantitative estimate of drug-likeness (QED) is 0.368. The number of aromatic nitrogens is 6. The zero-order valence-corrected chi connectivity index (χ0v) is 22.5. The SMILES string of the molecule is Cc1cc(-c2nn(C3CCCCO3)c3ncc(Br)cc23)ccc1CNC(=O)c1cn(C(C)(C)C)nn1. The van der Waals surface area contributed by atoms with E-state index >= 15 is 0 Å². The first kappa shape index (κ1) is 24.6. The van der Waals surface area contributed by atoms with E-state index in [0.717, 1.165) is 63.8 Å². The van der Waals surface area contributed by atoms with Crippen molar-refractivity contribution in [3.63, 3.8) is 0 Å². The Balaban J connectivity index is 1.38. The first-order chi connectivity index (χ1) is 17.2. The van der Waals surface area contributed by atoms with Crippen LogP contribution in [0.2, 0.25) is 0 Å². The monoisotopic (exact) mass is 551 g/mol. The number of carbonyl (C=O) groups is 1. The summed E-state index contributed by atoms with van der Waals surface area (Å²) >= 11 is 3.55. The largest absolute Gasteiger partial charge is 0.356 e. The van der Waals surface area contributed by atoms with E-state index in [0.29, 0.717) is 12.2 Å². The Morgan fingerprint density at radius 3 is 2.78 bits per heavy atom. The van der Waals surface area contributed by atoms with E-state index in [-0.39, 0.29) is 17.7 Å². The molecule has 1 amide bonds. The van der Waals surface area contributed by atoms with Gasteiger partial charge in [-0.25, -0.2) is 14.3 Å². The summed E-state index contributed by atoms with van der Waals surface area (Å²) in [5.74, 6) is -0.248. The number of rotatable bonds is 5. The molecule has 0 radical (unpaired) electrons. The molecule has 0 saturated carbocycles. The van der Waals surface area contributed by atoms with Crippen LogP contribution in [-0.4, -0.2) is 42.3 Å². The summed E-state index contributed by atoms with van der Waals surface area (Å²) < 4.78 is 10.5. The second-order valence-electron chi connectivity index (χ2n) is 10.2. The number of hydrogen-bond donors (Lipinski definition) is 1. The number of amides is 1. The van der Waals surface area contributed by atoms with Gasteiger partial charge in [0.2, 0.25) is 0 Å². The molecule has 0 aliphatic carbocycles. The molecule has 9 nitrogen and oxygen atoms in total. The van der Waals surface area contributed by atoms with Crippen LogP contribution < -0.4 is 5.32 Å². The third kappa shape index (κ3) is 4.92. The minimum absolute atomic E-state index is 0.101. The third-order valence-electron chi connectivity index (χ3n) is 6.41. The number of pyridine rings is 1. The predicted molar refractivity (Wildman–Crippen MR) is 140 cm³/mol. The first-order valence-corrected chi connectivity index (χ1v) is 13.0. The van der Waals surface area contributed by atoms with E-state index in [1.807, 2.05) is 44.5 Å². The second kappa shape index (κ2) is 9.74. The highest BCUT2D eigenvalue weighted by Gasteiger charge is 2.23. The molecule has 1 aromatic carbocycles. The van der Waals surface area contributed by atoms with Gasteiger partial charge in [0.1, 0.15) is 5.69 Å². The molecule has 1 fully saturated rings. The molecule has 188 valence electrons. The van der Waals surface area contributed by atoms with Crippen LogP contribution in [0.5, 0.6) is 0 Å². The van der Waals surface area contributed by atoms with Crippen LogP contribution in [0.1, 0.15) is 67.9 Å². The number of ether oxygens (including phenoxy) is 1. The molecule has 4 heterocycles. The van der Waals surface area contributed by atoms with Crippen LogP contribution in [0.25, 0.3) is 22.3 Å². The van der Waals surface area contributed by atoms with Crippen molar-refractivity contribution in [1.29, 1.82) is 0 Å². The average Bonchev–Trinajstić information content (AvgIpc) is 3.49. The van der Waals surface area contributed by atoms with E-state index in [1.165, 1.54) is 0 Å². The summed E-state index contributed by atoms with van der Waals surface area (Å²) in [6.45, 7) is 9.21. The molecule has 36 heavy (non-hydrogen) atoms. The highest BCUT2D eigenvalue weighted by molar-refractivity contribution is 9.10. The Labute approximate surface area is 218 Å². The van der Waals surface area contributed by atoms with Crippen molar-refractivity contribution < 1.29 is 9.53 Å². The lowest BCUT2D eigenvalue weighted by Crippen LogP contribution is -2.24. The van der Waals surface area contributed by atoms with Gasteiger partial charge in [-0.1, -0.05) is 17.3 Å². The molecule has 0 bridgehead atoms. The minimum atomic E-state index is -0.248. The maximum absolute atomic E-state index is 12.6. The van der Waals surface area contributed by atoms with Gasteiger partial charge in [-0.05, 0) is 86.1 Å². The topological polar surface area (TPSA) is 99.8 Å². The summed E-state index contributed by atoms with van der Waals surface area (Å²) in [4.78, 5) is 17.3. The molecule has 1 unspecified atom stereocenters. The van der Waals surface area contributed by atoms with Crippen molar-refractivity contribution in [3.05, 3.63) is 58.0 Å². The molecule has 1 saturated heterocycles. The van der Waals surface area contributed by atoms with Gasteiger partial charge in [0, 0.05) is 34.8 Å². The zero-order valence-electron chi connectivity index (χ0n) is 21.0. The van der Waals surface area contributed by atoms with Gasteiger partial charge in [0.25, 0.3) is 5.91 Å². The van der Waals surface area contributed by atoms with Crippen molar-refractivity contribution in [2.45, 2.75) is 65.3 Å². The number of hydrogen-bond acceptors (Lipinski definition) is 6. The average molecular weight is 552 g/mol. The lowest BCUT2D eigenvalue weighted by atomic mass is 10.0. The maximum Gasteiger partial charge on any atom is 0.273 e. The summed E-state index contributed by atoms with van der Waals surface area (Å²) in [7, 11) is 0. The summed E-state index contributed by atoms with van der Waals surface area (Å²) in [6, 6.07) is 8.23. The number of nitrogens with zero attached hydrogens (tertiary/aromatic N) is 6. The van der Waals surface area contributed by atoms with Crippen molar-refractivity contribution in [2.75, 3.05) is 6.61 Å². The lowest BCUT2D eigenvalue weighted by Gasteiger charge is -2.23. The summed E-state index contributed by atoms with van der Waals surface area (Å²) in [5, 5.41) is 17.0. The Morgan fingerprint density at radius 2 is 2.08 bits per heavy atom. The predicted octanol–water partition coefficient (Wildman–Crippen LogP) is 5.14. The van der Waals surface area contributed by atoms with Crippen LogP contribution in [0.3, 0.4) is 0 Å². The standard InChI is InChI=1S/C26H30BrN7O2/c1-16-11-17(8-9-18(16)13-29-25(35)21-15-33(32-30-21)26(2,3)4)23-20-12-19(27)14-28-24(20)34(31-23)22-7-5-6-10-36-22/h8-9,11-12,14-15,22H,5-7,10,13H2,1-4H3,(H,29,35). The Bertz CT molecular complexity index is 1410. The molecule has 5 rings (SSSR count). The highest BCUT2D eigenvalue weighted by Crippen LogP contribution is 2.33. The Morgan fingerprint density at radius 1 is 1.25 bits per heavy atom. The van der Waals surface area contributed by atoms with Gasteiger partial charge < -0.3 is 10.1 Å². The van der Waals surface area contributed by atoms with Crippen LogP contribution in [0, 0.1) is 6.92 Å². The fraction of sp³-hybridized carbons (Fsp3) is 0.423. The molecule has 1 aliphatic rings. The Hall–Kier alpha value is -3.11. The van der Waals surface area contributed by atoms with Crippen molar-refractivity contribution in [1.82, 2.24) is 35.1 Å². The number of halogens is 1. The smallest absolute Gasteiger partial charge is 0.273 e. The molecular formula is C26H30BrN7O2. The molecule has 3 aromatic heterocycles. The molecule has 1 atom stereocenters.